The number of anilines is 1. The van der Waals surface area contributed by atoms with Gasteiger partial charge in [-0.05, 0) is 41.8 Å². The molecule has 0 saturated carbocycles. The number of hydrogen-bond acceptors (Lipinski definition) is 6. The summed E-state index contributed by atoms with van der Waals surface area (Å²) in [6.45, 7) is -2.91. The number of rotatable bonds is 5. The van der Waals surface area contributed by atoms with Gasteiger partial charge in [-0.3, -0.25) is 4.79 Å². The maximum absolute atomic E-state index is 12.4. The van der Waals surface area contributed by atoms with Crippen LogP contribution in [0.1, 0.15) is 10.4 Å². The van der Waals surface area contributed by atoms with Crippen molar-refractivity contribution in [2.75, 3.05) is 5.32 Å². The molecular weight excluding hydrogens is 386 g/mol. The quantitative estimate of drug-likeness (QED) is 0.531. The Morgan fingerprint density at radius 2 is 1.89 bits per heavy atom. The molecule has 0 atom stereocenters. The molecule has 0 aliphatic rings. The summed E-state index contributed by atoms with van der Waals surface area (Å²) in [6.07, 6.45) is 1.66. The van der Waals surface area contributed by atoms with Gasteiger partial charge >= 0.3 is 6.61 Å². The van der Waals surface area contributed by atoms with E-state index in [1.807, 2.05) is 18.2 Å². The summed E-state index contributed by atoms with van der Waals surface area (Å²) in [6, 6.07) is 13.0. The monoisotopic (exact) mass is 398 g/mol. The second-order valence-corrected chi connectivity index (χ2v) is 6.57. The highest BCUT2D eigenvalue weighted by molar-refractivity contribution is 7.12. The Balaban J connectivity index is 1.54. The number of hydrogen-bond donors (Lipinski definition) is 1. The number of ether oxygens (including phenoxy) is 1. The van der Waals surface area contributed by atoms with Crippen LogP contribution in [-0.2, 0) is 0 Å². The number of carbonyl (C=O) groups is 1. The maximum atomic E-state index is 12.4. The van der Waals surface area contributed by atoms with Gasteiger partial charge in [0.2, 0.25) is 0 Å². The molecule has 1 amide bonds. The molecule has 0 aliphatic carbocycles. The molecule has 0 unspecified atom stereocenters. The third-order valence-electron chi connectivity index (χ3n) is 3.91. The number of amides is 1. The summed E-state index contributed by atoms with van der Waals surface area (Å²) >= 11 is 1.44. The van der Waals surface area contributed by atoms with Gasteiger partial charge in [-0.15, -0.1) is 10.2 Å². The number of fused-ring (bicyclic) bond motifs is 1. The molecule has 2 heterocycles. The van der Waals surface area contributed by atoms with Gasteiger partial charge < -0.3 is 10.1 Å². The lowest BCUT2D eigenvalue weighted by atomic mass is 10.1. The summed E-state index contributed by atoms with van der Waals surface area (Å²) in [7, 11) is 0. The van der Waals surface area contributed by atoms with Crippen molar-refractivity contribution in [3.8, 4) is 16.3 Å². The highest BCUT2D eigenvalue weighted by atomic mass is 32.1. The average molecular weight is 398 g/mol. The standard InChI is InChI=1S/C19H12F2N4O2S/c20-19(21)27-15-5-3-11(4-6-15)17(26)24-16-8-14-7-12(18-25-23-10-28-18)1-2-13(14)9-22-16/h1-10,19H,(H,22,24,26). The van der Waals surface area contributed by atoms with E-state index in [2.05, 4.69) is 25.2 Å². The number of benzene rings is 2. The first-order chi connectivity index (χ1) is 13.6. The van der Waals surface area contributed by atoms with Crippen molar-refractivity contribution in [1.29, 1.82) is 0 Å². The number of pyridine rings is 1. The van der Waals surface area contributed by atoms with Crippen LogP contribution >= 0.6 is 11.3 Å². The van der Waals surface area contributed by atoms with Crippen molar-refractivity contribution in [1.82, 2.24) is 15.2 Å². The Hall–Kier alpha value is -3.46. The second-order valence-electron chi connectivity index (χ2n) is 5.73. The normalized spacial score (nSPS) is 11.0. The van der Waals surface area contributed by atoms with Crippen LogP contribution in [0.5, 0.6) is 5.75 Å². The van der Waals surface area contributed by atoms with Crippen LogP contribution in [0.25, 0.3) is 21.3 Å². The molecule has 2 aromatic carbocycles. The highest BCUT2D eigenvalue weighted by Crippen LogP contribution is 2.26. The predicted octanol–water partition coefficient (Wildman–Crippen LogP) is 4.61. The molecule has 0 aliphatic heterocycles. The lowest BCUT2D eigenvalue weighted by Gasteiger charge is -2.08. The van der Waals surface area contributed by atoms with E-state index >= 15 is 0 Å². The van der Waals surface area contributed by atoms with Gasteiger partial charge in [0.1, 0.15) is 22.1 Å². The molecule has 4 rings (SSSR count). The van der Waals surface area contributed by atoms with E-state index in [4.69, 9.17) is 0 Å². The fraction of sp³-hybridized carbons (Fsp3) is 0.0526. The Kier molecular flexibility index (Phi) is 4.90. The first-order valence-electron chi connectivity index (χ1n) is 8.11. The number of nitrogens with one attached hydrogen (secondary N) is 1. The van der Waals surface area contributed by atoms with Crippen LogP contribution in [0, 0.1) is 0 Å². The first-order valence-corrected chi connectivity index (χ1v) is 8.99. The smallest absolute Gasteiger partial charge is 0.387 e. The van der Waals surface area contributed by atoms with Crippen molar-refractivity contribution in [3.05, 3.63) is 65.8 Å². The molecule has 2 aromatic heterocycles. The Labute approximate surface area is 161 Å². The van der Waals surface area contributed by atoms with E-state index in [1.54, 1.807) is 17.8 Å². The van der Waals surface area contributed by atoms with Crippen molar-refractivity contribution in [2.24, 2.45) is 0 Å². The van der Waals surface area contributed by atoms with Gasteiger partial charge in [0.25, 0.3) is 5.91 Å². The fourth-order valence-electron chi connectivity index (χ4n) is 2.62. The minimum Gasteiger partial charge on any atom is -0.435 e. The summed E-state index contributed by atoms with van der Waals surface area (Å²) in [4.78, 5) is 16.6. The van der Waals surface area contributed by atoms with E-state index in [9.17, 15) is 13.6 Å². The van der Waals surface area contributed by atoms with Crippen molar-refractivity contribution in [3.63, 3.8) is 0 Å². The lowest BCUT2D eigenvalue weighted by molar-refractivity contribution is -0.0498. The summed E-state index contributed by atoms with van der Waals surface area (Å²) in [5.41, 5.74) is 2.88. The zero-order valence-electron chi connectivity index (χ0n) is 14.2. The molecule has 0 spiro atoms. The van der Waals surface area contributed by atoms with Crippen LogP contribution in [0.15, 0.2) is 60.2 Å². The van der Waals surface area contributed by atoms with Crippen molar-refractivity contribution < 1.29 is 18.3 Å². The van der Waals surface area contributed by atoms with Gasteiger partial charge in [-0.25, -0.2) is 4.98 Å². The minimum absolute atomic E-state index is 0.0143. The average Bonchev–Trinajstić information content (AvgIpc) is 3.22. The second kappa shape index (κ2) is 7.65. The van der Waals surface area contributed by atoms with Crippen LogP contribution in [0.4, 0.5) is 14.6 Å². The lowest BCUT2D eigenvalue weighted by Crippen LogP contribution is -2.13. The Morgan fingerprint density at radius 1 is 1.07 bits per heavy atom. The molecule has 1 N–H and O–H groups in total. The molecule has 4 aromatic rings. The molecule has 28 heavy (non-hydrogen) atoms. The SMILES string of the molecule is O=C(Nc1cc2cc(-c3nncs3)ccc2cn1)c1ccc(OC(F)F)cc1. The molecule has 140 valence electrons. The molecule has 0 radical (unpaired) electrons. The third kappa shape index (κ3) is 3.94. The van der Waals surface area contributed by atoms with E-state index < -0.39 is 12.5 Å². The fourth-order valence-corrected chi connectivity index (χ4v) is 3.17. The number of carbonyl (C=O) groups excluding carboxylic acids is 1. The zero-order chi connectivity index (χ0) is 19.5. The Morgan fingerprint density at radius 3 is 2.61 bits per heavy atom. The number of alkyl halides is 2. The number of nitrogens with zero attached hydrogens (tertiary/aromatic N) is 3. The summed E-state index contributed by atoms with van der Waals surface area (Å²) < 4.78 is 28.7. The van der Waals surface area contributed by atoms with Gasteiger partial charge in [0, 0.05) is 22.7 Å². The van der Waals surface area contributed by atoms with Gasteiger partial charge in [-0.2, -0.15) is 8.78 Å². The molecule has 0 bridgehead atoms. The first kappa shape index (κ1) is 17.9. The summed E-state index contributed by atoms with van der Waals surface area (Å²) in [5.74, 6) is -0.0462. The molecule has 6 nitrogen and oxygen atoms in total. The third-order valence-corrected chi connectivity index (χ3v) is 4.65. The zero-order valence-corrected chi connectivity index (χ0v) is 15.0. The molecular formula is C19H12F2N4O2S. The predicted molar refractivity (Wildman–Crippen MR) is 102 cm³/mol. The van der Waals surface area contributed by atoms with Crippen LogP contribution in [0.3, 0.4) is 0 Å². The van der Waals surface area contributed by atoms with E-state index in [-0.39, 0.29) is 5.75 Å². The molecule has 0 fully saturated rings. The number of aromatic nitrogens is 3. The maximum Gasteiger partial charge on any atom is 0.387 e. The number of halogens is 2. The van der Waals surface area contributed by atoms with E-state index in [0.717, 1.165) is 21.3 Å². The molecule has 0 saturated heterocycles. The van der Waals surface area contributed by atoms with E-state index in [0.29, 0.717) is 11.4 Å². The van der Waals surface area contributed by atoms with Gasteiger partial charge in [0.15, 0.2) is 0 Å². The van der Waals surface area contributed by atoms with Gasteiger partial charge in [-0.1, -0.05) is 23.5 Å². The Bertz CT molecular complexity index is 1120. The van der Waals surface area contributed by atoms with Crippen LogP contribution in [-0.4, -0.2) is 27.7 Å². The molecule has 9 heteroatoms. The minimum atomic E-state index is -2.91. The van der Waals surface area contributed by atoms with E-state index in [1.165, 1.54) is 35.6 Å². The van der Waals surface area contributed by atoms with Crippen LogP contribution < -0.4 is 10.1 Å². The largest absolute Gasteiger partial charge is 0.435 e. The highest BCUT2D eigenvalue weighted by Gasteiger charge is 2.10. The van der Waals surface area contributed by atoms with Crippen LogP contribution in [0.2, 0.25) is 0 Å². The summed E-state index contributed by atoms with van der Waals surface area (Å²) in [5, 5.41) is 13.2. The van der Waals surface area contributed by atoms with Crippen molar-refractivity contribution >= 4 is 33.8 Å². The topological polar surface area (TPSA) is 77.0 Å². The van der Waals surface area contributed by atoms with Crippen molar-refractivity contribution in [2.45, 2.75) is 6.61 Å². The van der Waals surface area contributed by atoms with Gasteiger partial charge in [0.05, 0.1) is 0 Å².